The molecule has 1 unspecified atom stereocenters. The van der Waals surface area contributed by atoms with E-state index in [0.29, 0.717) is 24.9 Å². The second-order valence-corrected chi connectivity index (χ2v) is 6.36. The fraction of sp³-hybridized carbons (Fsp3) is 0.474. The normalized spacial score (nSPS) is 12.6. The standard InChI is InChI=1S/C19H28FN5O.HI/c1-6-21-19(23-12-18-24-13(2)14(3)26-18)22-11-17(25(4)5)15-7-9-16(20)10-8-15;/h7-10,17H,6,11-12H2,1-5H3,(H2,21,22,23);1H. The number of benzene rings is 1. The van der Waals surface area contributed by atoms with Crippen molar-refractivity contribution in [3.63, 3.8) is 0 Å². The van der Waals surface area contributed by atoms with E-state index in [1.165, 1.54) is 12.1 Å². The molecule has 2 rings (SSSR count). The molecule has 27 heavy (non-hydrogen) atoms. The van der Waals surface area contributed by atoms with Crippen molar-refractivity contribution in [2.24, 2.45) is 4.99 Å². The van der Waals surface area contributed by atoms with E-state index in [9.17, 15) is 4.39 Å². The first-order valence-electron chi connectivity index (χ1n) is 8.77. The quantitative estimate of drug-likeness (QED) is 0.355. The van der Waals surface area contributed by atoms with Gasteiger partial charge in [0.25, 0.3) is 0 Å². The summed E-state index contributed by atoms with van der Waals surface area (Å²) in [5.74, 6) is 1.87. The van der Waals surface area contributed by atoms with E-state index in [2.05, 4.69) is 25.5 Å². The van der Waals surface area contributed by atoms with Crippen molar-refractivity contribution in [1.29, 1.82) is 0 Å². The third-order valence-corrected chi connectivity index (χ3v) is 4.13. The number of aliphatic imine (C=N–C) groups is 1. The van der Waals surface area contributed by atoms with Crippen molar-refractivity contribution in [2.45, 2.75) is 33.4 Å². The van der Waals surface area contributed by atoms with Crippen molar-refractivity contribution >= 4 is 29.9 Å². The molecule has 1 atom stereocenters. The summed E-state index contributed by atoms with van der Waals surface area (Å²) in [6, 6.07) is 6.68. The Balaban J connectivity index is 0.00000364. The number of oxazole rings is 1. The molecule has 1 aromatic carbocycles. The van der Waals surface area contributed by atoms with Gasteiger partial charge in [-0.1, -0.05) is 12.1 Å². The van der Waals surface area contributed by atoms with Gasteiger partial charge < -0.3 is 20.0 Å². The Morgan fingerprint density at radius 1 is 1.22 bits per heavy atom. The van der Waals surface area contributed by atoms with E-state index in [0.717, 1.165) is 23.6 Å². The Morgan fingerprint density at radius 3 is 2.41 bits per heavy atom. The van der Waals surface area contributed by atoms with Crippen LogP contribution in [0.4, 0.5) is 4.39 Å². The highest BCUT2D eigenvalue weighted by molar-refractivity contribution is 14.0. The average Bonchev–Trinajstić information content (AvgIpc) is 2.92. The van der Waals surface area contributed by atoms with Gasteiger partial charge in [-0.2, -0.15) is 0 Å². The molecule has 0 bridgehead atoms. The number of aromatic nitrogens is 1. The van der Waals surface area contributed by atoms with E-state index in [-0.39, 0.29) is 35.8 Å². The zero-order chi connectivity index (χ0) is 19.1. The maximum atomic E-state index is 13.2. The van der Waals surface area contributed by atoms with E-state index in [1.807, 2.05) is 47.0 Å². The Hall–Kier alpha value is -1.68. The number of nitrogens with one attached hydrogen (secondary N) is 2. The van der Waals surface area contributed by atoms with Gasteiger partial charge in [-0.25, -0.2) is 14.4 Å². The van der Waals surface area contributed by atoms with Crippen molar-refractivity contribution in [3.8, 4) is 0 Å². The molecule has 0 aliphatic carbocycles. The third kappa shape index (κ3) is 7.10. The molecule has 0 spiro atoms. The average molecular weight is 489 g/mol. The van der Waals surface area contributed by atoms with E-state index in [1.54, 1.807) is 0 Å². The number of hydrogen-bond donors (Lipinski definition) is 2. The summed E-state index contributed by atoms with van der Waals surface area (Å²) in [6.45, 7) is 7.57. The van der Waals surface area contributed by atoms with Gasteiger partial charge in [0, 0.05) is 13.1 Å². The molecule has 0 saturated heterocycles. The molecular formula is C19H29FIN5O. The first kappa shape index (κ1) is 23.4. The van der Waals surface area contributed by atoms with E-state index >= 15 is 0 Å². The predicted octanol–water partition coefficient (Wildman–Crippen LogP) is 3.41. The zero-order valence-electron chi connectivity index (χ0n) is 16.5. The lowest BCUT2D eigenvalue weighted by atomic mass is 10.1. The molecular weight excluding hydrogens is 460 g/mol. The van der Waals surface area contributed by atoms with Gasteiger partial charge in [-0.05, 0) is 52.6 Å². The van der Waals surface area contributed by atoms with Gasteiger partial charge >= 0.3 is 0 Å². The maximum absolute atomic E-state index is 13.2. The maximum Gasteiger partial charge on any atom is 0.216 e. The molecule has 0 radical (unpaired) electrons. The molecule has 1 aromatic heterocycles. The first-order chi connectivity index (χ1) is 12.4. The van der Waals surface area contributed by atoms with Crippen LogP contribution in [0.3, 0.4) is 0 Å². The number of likely N-dealkylation sites (N-methyl/N-ethyl adjacent to an activating group) is 1. The summed E-state index contributed by atoms with van der Waals surface area (Å²) in [6.07, 6.45) is 0. The SMILES string of the molecule is CCNC(=NCc1nc(C)c(C)o1)NCC(c1ccc(F)cc1)N(C)C.I. The Morgan fingerprint density at radius 2 is 1.89 bits per heavy atom. The lowest BCUT2D eigenvalue weighted by molar-refractivity contribution is 0.298. The Labute approximate surface area is 177 Å². The number of rotatable bonds is 7. The monoisotopic (exact) mass is 489 g/mol. The van der Waals surface area contributed by atoms with Crippen LogP contribution >= 0.6 is 24.0 Å². The van der Waals surface area contributed by atoms with Crippen molar-refractivity contribution in [3.05, 3.63) is 53.0 Å². The highest BCUT2D eigenvalue weighted by Crippen LogP contribution is 2.17. The number of aryl methyl sites for hydroxylation is 2. The van der Waals surface area contributed by atoms with E-state index < -0.39 is 0 Å². The molecule has 0 amide bonds. The van der Waals surface area contributed by atoms with Crippen LogP contribution in [0.5, 0.6) is 0 Å². The minimum absolute atomic E-state index is 0. The van der Waals surface area contributed by atoms with Crippen LogP contribution in [0.2, 0.25) is 0 Å². The fourth-order valence-corrected chi connectivity index (χ4v) is 2.57. The van der Waals surface area contributed by atoms with Crippen LogP contribution in [0.15, 0.2) is 33.7 Å². The summed E-state index contributed by atoms with van der Waals surface area (Å²) in [5.41, 5.74) is 1.93. The van der Waals surface area contributed by atoms with E-state index in [4.69, 9.17) is 4.42 Å². The second kappa shape index (κ2) is 11.2. The highest BCUT2D eigenvalue weighted by atomic mass is 127. The molecule has 1 heterocycles. The van der Waals surface area contributed by atoms with Crippen molar-refractivity contribution in [2.75, 3.05) is 27.2 Å². The zero-order valence-corrected chi connectivity index (χ0v) is 18.9. The molecule has 0 aliphatic heterocycles. The summed E-state index contributed by atoms with van der Waals surface area (Å²) in [7, 11) is 4.00. The van der Waals surface area contributed by atoms with Gasteiger partial charge in [-0.3, -0.25) is 0 Å². The number of halogens is 2. The largest absolute Gasteiger partial charge is 0.444 e. The minimum Gasteiger partial charge on any atom is -0.444 e. The molecule has 0 saturated carbocycles. The van der Waals surface area contributed by atoms with Crippen LogP contribution in [0.1, 0.15) is 35.9 Å². The van der Waals surface area contributed by atoms with Crippen molar-refractivity contribution < 1.29 is 8.81 Å². The van der Waals surface area contributed by atoms with Crippen LogP contribution in [0, 0.1) is 19.7 Å². The predicted molar refractivity (Wildman–Crippen MR) is 117 cm³/mol. The third-order valence-electron chi connectivity index (χ3n) is 4.13. The molecule has 8 heteroatoms. The summed E-state index contributed by atoms with van der Waals surface area (Å²) in [5, 5.41) is 6.56. The molecule has 0 fully saturated rings. The summed E-state index contributed by atoms with van der Waals surface area (Å²) >= 11 is 0. The van der Waals surface area contributed by atoms with Crippen LogP contribution in [0.25, 0.3) is 0 Å². The van der Waals surface area contributed by atoms with Gasteiger partial charge in [-0.15, -0.1) is 24.0 Å². The Kier molecular flexibility index (Phi) is 9.71. The topological polar surface area (TPSA) is 65.7 Å². The summed E-state index contributed by atoms with van der Waals surface area (Å²) < 4.78 is 18.8. The van der Waals surface area contributed by atoms with Crippen molar-refractivity contribution in [1.82, 2.24) is 20.5 Å². The molecule has 150 valence electrons. The lowest BCUT2D eigenvalue weighted by Crippen LogP contribution is -2.41. The van der Waals surface area contributed by atoms with Gasteiger partial charge in [0.05, 0.1) is 11.7 Å². The smallest absolute Gasteiger partial charge is 0.216 e. The molecule has 0 aliphatic rings. The fourth-order valence-electron chi connectivity index (χ4n) is 2.57. The van der Waals surface area contributed by atoms with Gasteiger partial charge in [0.1, 0.15) is 18.1 Å². The first-order valence-corrected chi connectivity index (χ1v) is 8.77. The van der Waals surface area contributed by atoms with Crippen LogP contribution < -0.4 is 10.6 Å². The number of nitrogens with zero attached hydrogens (tertiary/aromatic N) is 3. The summed E-state index contributed by atoms with van der Waals surface area (Å²) in [4.78, 5) is 11.0. The lowest BCUT2D eigenvalue weighted by Gasteiger charge is -2.26. The van der Waals surface area contributed by atoms with Crippen LogP contribution in [-0.2, 0) is 6.54 Å². The minimum atomic E-state index is -0.231. The highest BCUT2D eigenvalue weighted by Gasteiger charge is 2.15. The molecule has 6 nitrogen and oxygen atoms in total. The van der Waals surface area contributed by atoms with Gasteiger partial charge in [0.2, 0.25) is 5.89 Å². The van der Waals surface area contributed by atoms with Crippen LogP contribution in [-0.4, -0.2) is 43.0 Å². The number of guanidine groups is 1. The van der Waals surface area contributed by atoms with Gasteiger partial charge in [0.15, 0.2) is 5.96 Å². The Bertz CT molecular complexity index is 711. The second-order valence-electron chi connectivity index (χ2n) is 6.36. The number of hydrogen-bond acceptors (Lipinski definition) is 4. The molecule has 2 N–H and O–H groups in total. The molecule has 2 aromatic rings.